The van der Waals surface area contributed by atoms with E-state index in [1.165, 1.54) is 0 Å². The van der Waals surface area contributed by atoms with Crippen molar-refractivity contribution in [1.29, 1.82) is 0 Å². The lowest BCUT2D eigenvalue weighted by Crippen LogP contribution is -2.47. The van der Waals surface area contributed by atoms with Crippen molar-refractivity contribution in [1.82, 2.24) is 4.90 Å². The van der Waals surface area contributed by atoms with E-state index in [-0.39, 0.29) is 18.1 Å². The summed E-state index contributed by atoms with van der Waals surface area (Å²) in [5, 5.41) is 9.43. The van der Waals surface area contributed by atoms with Crippen LogP contribution in [0.1, 0.15) is 33.1 Å². The Bertz CT molecular complexity index is 211. The molecule has 1 aliphatic heterocycles. The average Bonchev–Trinajstić information content (AvgIpc) is 2.27. The molecule has 88 valence electrons. The number of aliphatic hydroxyl groups excluding tert-OH is 1. The van der Waals surface area contributed by atoms with E-state index >= 15 is 0 Å². The molecule has 0 spiro atoms. The van der Waals surface area contributed by atoms with Gasteiger partial charge in [-0.05, 0) is 32.1 Å². The maximum Gasteiger partial charge on any atom is 0.239 e. The number of piperidine rings is 1. The zero-order valence-corrected chi connectivity index (χ0v) is 9.65. The smallest absolute Gasteiger partial charge is 0.239 e. The van der Waals surface area contributed by atoms with Crippen molar-refractivity contribution >= 4 is 5.91 Å². The molecule has 0 aliphatic carbocycles. The summed E-state index contributed by atoms with van der Waals surface area (Å²) in [6.07, 6.45) is 2.21. The van der Waals surface area contributed by atoms with Crippen LogP contribution in [-0.2, 0) is 4.79 Å². The lowest BCUT2D eigenvalue weighted by atomic mass is 9.92. The number of nitrogens with zero attached hydrogens (tertiary/aromatic N) is 1. The number of amides is 1. The molecule has 0 radical (unpaired) electrons. The van der Waals surface area contributed by atoms with Crippen LogP contribution >= 0.6 is 0 Å². The van der Waals surface area contributed by atoms with Crippen molar-refractivity contribution in [2.45, 2.75) is 45.3 Å². The molecule has 2 atom stereocenters. The summed E-state index contributed by atoms with van der Waals surface area (Å²) < 4.78 is 0. The van der Waals surface area contributed by atoms with Gasteiger partial charge in [0, 0.05) is 13.1 Å². The Kier molecular flexibility index (Phi) is 4.54. The minimum absolute atomic E-state index is 0.0570. The van der Waals surface area contributed by atoms with Gasteiger partial charge in [-0.2, -0.15) is 0 Å². The fourth-order valence-corrected chi connectivity index (χ4v) is 2.01. The minimum atomic E-state index is -0.354. The van der Waals surface area contributed by atoms with Crippen molar-refractivity contribution in [2.75, 3.05) is 13.1 Å². The zero-order chi connectivity index (χ0) is 11.4. The van der Waals surface area contributed by atoms with Crippen molar-refractivity contribution in [3.8, 4) is 0 Å². The van der Waals surface area contributed by atoms with E-state index in [0.29, 0.717) is 12.3 Å². The number of carbonyl (C=O) groups is 1. The maximum absolute atomic E-state index is 11.7. The Labute approximate surface area is 91.4 Å². The van der Waals surface area contributed by atoms with Gasteiger partial charge in [-0.25, -0.2) is 0 Å². The third kappa shape index (κ3) is 3.18. The molecule has 1 fully saturated rings. The van der Waals surface area contributed by atoms with Gasteiger partial charge in [-0.15, -0.1) is 0 Å². The van der Waals surface area contributed by atoms with E-state index in [2.05, 4.69) is 0 Å². The van der Waals surface area contributed by atoms with E-state index < -0.39 is 0 Å². The first-order valence-electron chi connectivity index (χ1n) is 5.78. The molecular formula is C11H22N2O2. The van der Waals surface area contributed by atoms with Crippen LogP contribution in [0.25, 0.3) is 0 Å². The molecule has 0 aromatic rings. The second kappa shape index (κ2) is 5.47. The second-order valence-corrected chi connectivity index (χ2v) is 4.42. The van der Waals surface area contributed by atoms with Crippen LogP contribution in [0.5, 0.6) is 0 Å². The molecule has 15 heavy (non-hydrogen) atoms. The molecule has 4 heteroatoms. The first kappa shape index (κ1) is 12.5. The Hall–Kier alpha value is -0.610. The summed E-state index contributed by atoms with van der Waals surface area (Å²) in [4.78, 5) is 13.6. The van der Waals surface area contributed by atoms with Gasteiger partial charge in [0.25, 0.3) is 0 Å². The van der Waals surface area contributed by atoms with E-state index in [1.807, 2.05) is 18.7 Å². The van der Waals surface area contributed by atoms with Crippen LogP contribution in [0.2, 0.25) is 0 Å². The first-order valence-corrected chi connectivity index (χ1v) is 5.78. The molecule has 0 aromatic heterocycles. The predicted molar refractivity (Wildman–Crippen MR) is 59.3 cm³/mol. The molecule has 1 saturated heterocycles. The maximum atomic E-state index is 11.7. The molecule has 3 N–H and O–H groups in total. The van der Waals surface area contributed by atoms with E-state index in [1.54, 1.807) is 0 Å². The summed E-state index contributed by atoms with van der Waals surface area (Å²) in [7, 11) is 0. The number of likely N-dealkylation sites (tertiary alicyclic amines) is 1. The second-order valence-electron chi connectivity index (χ2n) is 4.42. The van der Waals surface area contributed by atoms with E-state index in [4.69, 9.17) is 5.73 Å². The van der Waals surface area contributed by atoms with E-state index in [9.17, 15) is 9.90 Å². The number of aliphatic hydroxyl groups is 1. The van der Waals surface area contributed by atoms with Gasteiger partial charge >= 0.3 is 0 Å². The van der Waals surface area contributed by atoms with Crippen LogP contribution in [0.15, 0.2) is 0 Å². The van der Waals surface area contributed by atoms with Crippen molar-refractivity contribution in [2.24, 2.45) is 11.7 Å². The van der Waals surface area contributed by atoms with Crippen LogP contribution in [0.3, 0.4) is 0 Å². The zero-order valence-electron chi connectivity index (χ0n) is 9.65. The monoisotopic (exact) mass is 214 g/mol. The van der Waals surface area contributed by atoms with Gasteiger partial charge in [0.15, 0.2) is 0 Å². The van der Waals surface area contributed by atoms with Crippen LogP contribution < -0.4 is 5.73 Å². The standard InChI is InChI=1S/C11H22N2O2/c1-3-10(12)11(15)13-6-4-9(5-7-13)8(2)14/h8-10,14H,3-7,12H2,1-2H3. The fraction of sp³-hybridized carbons (Fsp3) is 0.909. The normalized spacial score (nSPS) is 22.5. The molecule has 1 rings (SSSR count). The Balaban J connectivity index is 2.40. The van der Waals surface area contributed by atoms with Crippen LogP contribution in [0.4, 0.5) is 0 Å². The van der Waals surface area contributed by atoms with Gasteiger partial charge in [-0.3, -0.25) is 4.79 Å². The largest absolute Gasteiger partial charge is 0.393 e. The van der Waals surface area contributed by atoms with Crippen molar-refractivity contribution < 1.29 is 9.90 Å². The lowest BCUT2D eigenvalue weighted by Gasteiger charge is -2.34. The lowest BCUT2D eigenvalue weighted by molar-refractivity contribution is -0.134. The Morgan fingerprint density at radius 1 is 1.53 bits per heavy atom. The molecule has 1 amide bonds. The molecule has 2 unspecified atom stereocenters. The summed E-state index contributed by atoms with van der Waals surface area (Å²) in [6.45, 7) is 5.22. The van der Waals surface area contributed by atoms with Crippen LogP contribution in [0, 0.1) is 5.92 Å². The number of rotatable bonds is 3. The quantitative estimate of drug-likeness (QED) is 0.712. The number of nitrogens with two attached hydrogens (primary N) is 1. The minimum Gasteiger partial charge on any atom is -0.393 e. The molecule has 1 aliphatic rings. The van der Waals surface area contributed by atoms with Gasteiger partial charge in [0.2, 0.25) is 5.91 Å². The van der Waals surface area contributed by atoms with Gasteiger partial charge < -0.3 is 15.7 Å². The highest BCUT2D eigenvalue weighted by atomic mass is 16.3. The van der Waals surface area contributed by atoms with Crippen molar-refractivity contribution in [3.63, 3.8) is 0 Å². The number of carbonyl (C=O) groups excluding carboxylic acids is 1. The first-order chi connectivity index (χ1) is 7.06. The topological polar surface area (TPSA) is 66.6 Å². The van der Waals surface area contributed by atoms with Gasteiger partial charge in [0.1, 0.15) is 0 Å². The Morgan fingerprint density at radius 3 is 2.47 bits per heavy atom. The highest BCUT2D eigenvalue weighted by Gasteiger charge is 2.27. The van der Waals surface area contributed by atoms with Crippen molar-refractivity contribution in [3.05, 3.63) is 0 Å². The third-order valence-electron chi connectivity index (χ3n) is 3.29. The van der Waals surface area contributed by atoms with Gasteiger partial charge in [0.05, 0.1) is 12.1 Å². The van der Waals surface area contributed by atoms with Gasteiger partial charge in [-0.1, -0.05) is 6.92 Å². The predicted octanol–water partition coefficient (Wildman–Crippen LogP) is 0.343. The summed E-state index contributed by atoms with van der Waals surface area (Å²) in [5.74, 6) is 0.397. The summed E-state index contributed by atoms with van der Waals surface area (Å²) in [6, 6.07) is -0.354. The van der Waals surface area contributed by atoms with Crippen LogP contribution in [-0.4, -0.2) is 41.1 Å². The average molecular weight is 214 g/mol. The molecule has 1 heterocycles. The molecule has 4 nitrogen and oxygen atoms in total. The molecule has 0 saturated carbocycles. The highest BCUT2D eigenvalue weighted by molar-refractivity contribution is 5.81. The fourth-order valence-electron chi connectivity index (χ4n) is 2.01. The Morgan fingerprint density at radius 2 is 2.07 bits per heavy atom. The number of hydrogen-bond acceptors (Lipinski definition) is 3. The molecule has 0 aromatic carbocycles. The third-order valence-corrected chi connectivity index (χ3v) is 3.29. The number of hydrogen-bond donors (Lipinski definition) is 2. The molecular weight excluding hydrogens is 192 g/mol. The summed E-state index contributed by atoms with van der Waals surface area (Å²) >= 11 is 0. The SMILES string of the molecule is CCC(N)C(=O)N1CCC(C(C)O)CC1. The molecule has 0 bridgehead atoms. The summed E-state index contributed by atoms with van der Waals surface area (Å²) in [5.41, 5.74) is 5.70. The van der Waals surface area contributed by atoms with E-state index in [0.717, 1.165) is 25.9 Å². The highest BCUT2D eigenvalue weighted by Crippen LogP contribution is 2.20.